The molecule has 1 aliphatic rings. The van der Waals surface area contributed by atoms with Crippen molar-refractivity contribution < 1.29 is 9.59 Å². The molecule has 0 aromatic heterocycles. The number of amides is 2. The smallest absolute Gasteiger partial charge is 0.241 e. The van der Waals surface area contributed by atoms with Gasteiger partial charge < -0.3 is 16.4 Å². The zero-order valence-corrected chi connectivity index (χ0v) is 15.2. The van der Waals surface area contributed by atoms with Gasteiger partial charge >= 0.3 is 0 Å². The van der Waals surface area contributed by atoms with Crippen molar-refractivity contribution in [2.45, 2.75) is 45.1 Å². The molecule has 1 atom stereocenters. The molecule has 1 aromatic carbocycles. The van der Waals surface area contributed by atoms with Crippen LogP contribution in [0.25, 0.3) is 0 Å². The summed E-state index contributed by atoms with van der Waals surface area (Å²) in [6.45, 7) is 1.92. The van der Waals surface area contributed by atoms with Gasteiger partial charge in [0.2, 0.25) is 11.8 Å². The number of rotatable bonds is 7. The highest BCUT2D eigenvalue weighted by atomic mass is 32.2. The minimum absolute atomic E-state index is 0.0744. The average molecular weight is 350 g/mol. The molecule has 1 aromatic rings. The van der Waals surface area contributed by atoms with Crippen molar-refractivity contribution in [3.63, 3.8) is 0 Å². The molecule has 132 valence electrons. The number of carbonyl (C=O) groups is 2. The van der Waals surface area contributed by atoms with Crippen LogP contribution in [0.4, 0.5) is 11.4 Å². The Balaban J connectivity index is 1.99. The largest absolute Gasteiger partial charge is 0.326 e. The molecule has 0 saturated heterocycles. The van der Waals surface area contributed by atoms with E-state index in [2.05, 4.69) is 10.6 Å². The van der Waals surface area contributed by atoms with Gasteiger partial charge in [0.15, 0.2) is 0 Å². The fraction of sp³-hybridized carbons (Fsp3) is 0.556. The van der Waals surface area contributed by atoms with Crippen LogP contribution in [-0.4, -0.2) is 29.9 Å². The molecule has 1 fully saturated rings. The van der Waals surface area contributed by atoms with E-state index in [1.54, 1.807) is 17.8 Å². The van der Waals surface area contributed by atoms with Crippen LogP contribution in [0.1, 0.15) is 37.7 Å². The molecule has 0 bridgehead atoms. The van der Waals surface area contributed by atoms with Gasteiger partial charge in [-0.05, 0) is 55.9 Å². The Morgan fingerprint density at radius 2 is 2.00 bits per heavy atom. The second-order valence-corrected chi connectivity index (χ2v) is 7.36. The van der Waals surface area contributed by atoms with Gasteiger partial charge in [0, 0.05) is 17.3 Å². The molecule has 2 rings (SSSR count). The van der Waals surface area contributed by atoms with E-state index in [0.29, 0.717) is 17.8 Å². The predicted octanol–water partition coefficient (Wildman–Crippen LogP) is 3.14. The number of anilines is 2. The lowest BCUT2D eigenvalue weighted by Gasteiger charge is -2.15. The lowest BCUT2D eigenvalue weighted by atomic mass is 10.1. The summed E-state index contributed by atoms with van der Waals surface area (Å²) in [5.74, 6) is 0.853. The van der Waals surface area contributed by atoms with E-state index in [9.17, 15) is 9.59 Å². The van der Waals surface area contributed by atoms with Crippen LogP contribution >= 0.6 is 11.8 Å². The second-order valence-electron chi connectivity index (χ2n) is 6.38. The molecule has 5 nitrogen and oxygen atoms in total. The quantitative estimate of drug-likeness (QED) is 0.706. The molecule has 4 N–H and O–H groups in total. The number of hydrogen-bond donors (Lipinski definition) is 3. The summed E-state index contributed by atoms with van der Waals surface area (Å²) in [6.07, 6.45) is 6.81. The molecule has 0 aliphatic heterocycles. The van der Waals surface area contributed by atoms with Crippen molar-refractivity contribution >= 4 is 35.0 Å². The Morgan fingerprint density at radius 3 is 2.67 bits per heavy atom. The Morgan fingerprint density at radius 1 is 1.29 bits per heavy atom. The van der Waals surface area contributed by atoms with Crippen LogP contribution in [-0.2, 0) is 9.59 Å². The minimum Gasteiger partial charge on any atom is -0.326 e. The lowest BCUT2D eigenvalue weighted by molar-refractivity contribution is -0.119. The van der Waals surface area contributed by atoms with Gasteiger partial charge in [0.25, 0.3) is 0 Å². The SMILES string of the molecule is CSCC[C@H](N)C(=O)Nc1cc(NC(=O)C2CCCC2)ccc1C. The summed E-state index contributed by atoms with van der Waals surface area (Å²) >= 11 is 1.67. The highest BCUT2D eigenvalue weighted by Crippen LogP contribution is 2.27. The molecule has 2 amide bonds. The van der Waals surface area contributed by atoms with Gasteiger partial charge in [0.05, 0.1) is 6.04 Å². The van der Waals surface area contributed by atoms with Crippen LogP contribution < -0.4 is 16.4 Å². The third kappa shape index (κ3) is 5.24. The Bertz CT molecular complexity index is 586. The third-order valence-electron chi connectivity index (χ3n) is 4.46. The first-order valence-electron chi connectivity index (χ1n) is 8.48. The summed E-state index contributed by atoms with van der Waals surface area (Å²) in [6, 6.07) is 5.05. The maximum atomic E-state index is 12.2. The molecule has 0 heterocycles. The number of carbonyl (C=O) groups excluding carboxylic acids is 2. The first-order chi connectivity index (χ1) is 11.5. The number of hydrogen-bond acceptors (Lipinski definition) is 4. The molecule has 0 unspecified atom stereocenters. The van der Waals surface area contributed by atoms with E-state index in [4.69, 9.17) is 5.73 Å². The highest BCUT2D eigenvalue weighted by molar-refractivity contribution is 7.98. The molecule has 0 radical (unpaired) electrons. The van der Waals surface area contributed by atoms with E-state index in [1.807, 2.05) is 25.3 Å². The molecule has 6 heteroatoms. The number of nitrogens with two attached hydrogens (primary N) is 1. The van der Waals surface area contributed by atoms with Gasteiger partial charge in [0.1, 0.15) is 0 Å². The Labute approximate surface area is 148 Å². The molecule has 1 saturated carbocycles. The van der Waals surface area contributed by atoms with E-state index in [-0.39, 0.29) is 17.7 Å². The molecular formula is C18H27N3O2S. The predicted molar refractivity (Wildman–Crippen MR) is 101 cm³/mol. The van der Waals surface area contributed by atoms with Crippen LogP contribution in [0.15, 0.2) is 18.2 Å². The van der Waals surface area contributed by atoms with Gasteiger partial charge in [-0.1, -0.05) is 18.9 Å². The van der Waals surface area contributed by atoms with Crippen molar-refractivity contribution in [1.29, 1.82) is 0 Å². The van der Waals surface area contributed by atoms with Crippen molar-refractivity contribution in [2.75, 3.05) is 22.6 Å². The van der Waals surface area contributed by atoms with Gasteiger partial charge in [-0.2, -0.15) is 11.8 Å². The van der Waals surface area contributed by atoms with Crippen molar-refractivity contribution in [1.82, 2.24) is 0 Å². The van der Waals surface area contributed by atoms with E-state index < -0.39 is 6.04 Å². The van der Waals surface area contributed by atoms with Crippen LogP contribution in [0.2, 0.25) is 0 Å². The number of aryl methyl sites for hydroxylation is 1. The van der Waals surface area contributed by atoms with Crippen molar-refractivity contribution in [2.24, 2.45) is 11.7 Å². The van der Waals surface area contributed by atoms with Crippen LogP contribution in [0, 0.1) is 12.8 Å². The summed E-state index contributed by atoms with van der Waals surface area (Å²) in [7, 11) is 0. The van der Waals surface area contributed by atoms with Crippen molar-refractivity contribution in [3.05, 3.63) is 23.8 Å². The van der Waals surface area contributed by atoms with Crippen LogP contribution in [0.5, 0.6) is 0 Å². The monoisotopic (exact) mass is 349 g/mol. The zero-order chi connectivity index (χ0) is 17.5. The Hall–Kier alpha value is -1.53. The number of benzene rings is 1. The highest BCUT2D eigenvalue weighted by Gasteiger charge is 2.22. The number of thioether (sulfide) groups is 1. The standard InChI is InChI=1S/C18H27N3O2S/c1-12-7-8-14(20-17(22)13-5-3-4-6-13)11-16(12)21-18(23)15(19)9-10-24-2/h7-8,11,13,15H,3-6,9-10,19H2,1-2H3,(H,20,22)(H,21,23)/t15-/m0/s1. The average Bonchev–Trinajstić information content (AvgIpc) is 3.10. The summed E-state index contributed by atoms with van der Waals surface area (Å²) < 4.78 is 0. The third-order valence-corrected chi connectivity index (χ3v) is 5.10. The van der Waals surface area contributed by atoms with E-state index >= 15 is 0 Å². The van der Waals surface area contributed by atoms with Gasteiger partial charge in [-0.3, -0.25) is 9.59 Å². The summed E-state index contributed by atoms with van der Waals surface area (Å²) in [5, 5.41) is 5.84. The van der Waals surface area contributed by atoms with Gasteiger partial charge in [-0.25, -0.2) is 0 Å². The first kappa shape index (κ1) is 18.8. The van der Waals surface area contributed by atoms with E-state index in [0.717, 1.165) is 37.0 Å². The number of nitrogens with one attached hydrogen (secondary N) is 2. The topological polar surface area (TPSA) is 84.2 Å². The summed E-state index contributed by atoms with van der Waals surface area (Å²) in [5.41, 5.74) is 8.26. The molecule has 0 spiro atoms. The maximum absolute atomic E-state index is 12.2. The molecule has 1 aliphatic carbocycles. The van der Waals surface area contributed by atoms with Crippen molar-refractivity contribution in [3.8, 4) is 0 Å². The normalized spacial score (nSPS) is 16.0. The second kappa shape index (κ2) is 9.08. The molecular weight excluding hydrogens is 322 g/mol. The first-order valence-corrected chi connectivity index (χ1v) is 9.87. The Kier molecular flexibility index (Phi) is 7.12. The fourth-order valence-corrected chi connectivity index (χ4v) is 3.36. The van der Waals surface area contributed by atoms with E-state index in [1.165, 1.54) is 0 Å². The minimum atomic E-state index is -0.520. The fourth-order valence-electron chi connectivity index (χ4n) is 2.87. The lowest BCUT2D eigenvalue weighted by Crippen LogP contribution is -2.36. The summed E-state index contributed by atoms with van der Waals surface area (Å²) in [4.78, 5) is 24.4. The zero-order valence-electron chi connectivity index (χ0n) is 14.4. The maximum Gasteiger partial charge on any atom is 0.241 e. The van der Waals surface area contributed by atoms with Crippen LogP contribution in [0.3, 0.4) is 0 Å². The molecule has 24 heavy (non-hydrogen) atoms. The van der Waals surface area contributed by atoms with Gasteiger partial charge in [-0.15, -0.1) is 0 Å².